The molecule has 0 amide bonds. The van der Waals surface area contributed by atoms with Crippen LogP contribution in [-0.4, -0.2) is 0 Å². The molecule has 3 aromatic rings. The predicted octanol–water partition coefficient (Wildman–Crippen LogP) is 4.58. The summed E-state index contributed by atoms with van der Waals surface area (Å²) in [6.07, 6.45) is 0. The minimum Gasteiger partial charge on any atom is -0.423 e. The molecule has 1 heterocycles. The molecule has 2 nitrogen and oxygen atoms in total. The maximum absolute atomic E-state index is 11.7. The summed E-state index contributed by atoms with van der Waals surface area (Å²) in [6.45, 7) is 4.31. The quantitative estimate of drug-likeness (QED) is 0.634. The first-order valence-corrected chi connectivity index (χ1v) is 6.78. The normalized spacial score (nSPS) is 11.2. The summed E-state index contributed by atoms with van der Waals surface area (Å²) in [5.41, 5.74) is 3.53. The van der Waals surface area contributed by atoms with Gasteiger partial charge in [-0.05, 0) is 34.7 Å². The molecule has 0 N–H and O–H groups in total. The van der Waals surface area contributed by atoms with Crippen molar-refractivity contribution in [1.29, 1.82) is 0 Å². The highest BCUT2D eigenvalue weighted by atomic mass is 16.4. The van der Waals surface area contributed by atoms with Gasteiger partial charge in [0.15, 0.2) is 0 Å². The van der Waals surface area contributed by atoms with Crippen molar-refractivity contribution in [2.45, 2.75) is 19.8 Å². The van der Waals surface area contributed by atoms with Gasteiger partial charge < -0.3 is 4.42 Å². The third kappa shape index (κ3) is 2.25. The molecule has 0 aliphatic carbocycles. The Balaban J connectivity index is 2.34. The highest BCUT2D eigenvalue weighted by Gasteiger charge is 2.09. The van der Waals surface area contributed by atoms with E-state index in [2.05, 4.69) is 19.9 Å². The Morgan fingerprint density at radius 1 is 0.950 bits per heavy atom. The van der Waals surface area contributed by atoms with Gasteiger partial charge in [0.2, 0.25) is 0 Å². The highest BCUT2D eigenvalue weighted by molar-refractivity contribution is 5.93. The number of rotatable bonds is 2. The van der Waals surface area contributed by atoms with E-state index in [4.69, 9.17) is 4.42 Å². The topological polar surface area (TPSA) is 30.2 Å². The molecule has 0 radical (unpaired) electrons. The van der Waals surface area contributed by atoms with E-state index in [0.717, 1.165) is 16.5 Å². The smallest absolute Gasteiger partial charge is 0.336 e. The first-order chi connectivity index (χ1) is 9.65. The monoisotopic (exact) mass is 264 g/mol. The molecule has 0 aliphatic rings. The lowest BCUT2D eigenvalue weighted by Crippen LogP contribution is -1.99. The lowest BCUT2D eigenvalue weighted by atomic mass is 9.97. The second-order valence-electron chi connectivity index (χ2n) is 5.26. The van der Waals surface area contributed by atoms with E-state index in [-0.39, 0.29) is 5.63 Å². The van der Waals surface area contributed by atoms with Gasteiger partial charge in [-0.15, -0.1) is 0 Å². The Morgan fingerprint density at radius 2 is 1.70 bits per heavy atom. The molecule has 0 spiro atoms. The van der Waals surface area contributed by atoms with E-state index in [9.17, 15) is 4.79 Å². The molecule has 1 aromatic heterocycles. The zero-order valence-corrected chi connectivity index (χ0v) is 11.6. The second-order valence-corrected chi connectivity index (χ2v) is 5.26. The van der Waals surface area contributed by atoms with Crippen LogP contribution in [0, 0.1) is 0 Å². The fourth-order valence-corrected chi connectivity index (χ4v) is 2.40. The van der Waals surface area contributed by atoms with Crippen LogP contribution in [0.4, 0.5) is 0 Å². The molecule has 2 aromatic carbocycles. The van der Waals surface area contributed by atoms with Crippen LogP contribution in [0.3, 0.4) is 0 Å². The first-order valence-electron chi connectivity index (χ1n) is 6.78. The van der Waals surface area contributed by atoms with Crippen molar-refractivity contribution in [3.05, 3.63) is 70.6 Å². The molecule has 2 heteroatoms. The van der Waals surface area contributed by atoms with Gasteiger partial charge in [-0.25, -0.2) is 4.79 Å². The van der Waals surface area contributed by atoms with Gasteiger partial charge in [0, 0.05) is 11.5 Å². The van der Waals surface area contributed by atoms with Crippen LogP contribution in [0.2, 0.25) is 0 Å². The summed E-state index contributed by atoms with van der Waals surface area (Å²) in [6, 6.07) is 17.5. The fourth-order valence-electron chi connectivity index (χ4n) is 2.40. The van der Waals surface area contributed by atoms with Crippen LogP contribution in [0.15, 0.2) is 63.8 Å². The molecule has 3 rings (SSSR count). The van der Waals surface area contributed by atoms with E-state index in [1.807, 2.05) is 42.5 Å². The molecule has 0 atom stereocenters. The van der Waals surface area contributed by atoms with E-state index in [0.29, 0.717) is 11.5 Å². The minimum absolute atomic E-state index is 0.311. The Hall–Kier alpha value is -2.35. The third-order valence-electron chi connectivity index (χ3n) is 3.52. The van der Waals surface area contributed by atoms with Crippen LogP contribution in [0.1, 0.15) is 25.3 Å². The van der Waals surface area contributed by atoms with Crippen LogP contribution in [-0.2, 0) is 0 Å². The van der Waals surface area contributed by atoms with Crippen LogP contribution < -0.4 is 5.63 Å². The average Bonchev–Trinajstić information content (AvgIpc) is 2.46. The number of hydrogen-bond acceptors (Lipinski definition) is 2. The van der Waals surface area contributed by atoms with Gasteiger partial charge in [0.25, 0.3) is 0 Å². The number of benzene rings is 2. The van der Waals surface area contributed by atoms with E-state index in [1.54, 1.807) is 6.07 Å². The Kier molecular flexibility index (Phi) is 3.15. The zero-order chi connectivity index (χ0) is 14.1. The van der Waals surface area contributed by atoms with E-state index >= 15 is 0 Å². The van der Waals surface area contributed by atoms with Crippen molar-refractivity contribution in [2.75, 3.05) is 0 Å². The first kappa shape index (κ1) is 12.7. The molecule has 20 heavy (non-hydrogen) atoms. The molecule has 0 bridgehead atoms. The number of hydrogen-bond donors (Lipinski definition) is 0. The van der Waals surface area contributed by atoms with Crippen molar-refractivity contribution < 1.29 is 4.42 Å². The molecule has 100 valence electrons. The maximum atomic E-state index is 11.7. The van der Waals surface area contributed by atoms with Gasteiger partial charge in [-0.2, -0.15) is 0 Å². The van der Waals surface area contributed by atoms with Gasteiger partial charge in [-0.3, -0.25) is 0 Å². The summed E-state index contributed by atoms with van der Waals surface area (Å²) in [5, 5.41) is 0.988. The van der Waals surface area contributed by atoms with Crippen molar-refractivity contribution in [3.8, 4) is 11.1 Å². The van der Waals surface area contributed by atoms with Crippen LogP contribution in [0.25, 0.3) is 22.1 Å². The lowest BCUT2D eigenvalue weighted by Gasteiger charge is -2.09. The van der Waals surface area contributed by atoms with Crippen molar-refractivity contribution in [1.82, 2.24) is 0 Å². The van der Waals surface area contributed by atoms with Crippen LogP contribution in [0.5, 0.6) is 0 Å². The Labute approximate surface area is 117 Å². The standard InChI is InChI=1S/C18H16O2/c1-12(2)14-8-9-17-16(10-14)15(11-18(19)20-17)13-6-4-3-5-7-13/h3-12H,1-2H3. The summed E-state index contributed by atoms with van der Waals surface area (Å²) >= 11 is 0. The zero-order valence-electron chi connectivity index (χ0n) is 11.6. The van der Waals surface area contributed by atoms with Gasteiger partial charge in [0.05, 0.1) is 0 Å². The summed E-state index contributed by atoms with van der Waals surface area (Å²) in [4.78, 5) is 11.7. The van der Waals surface area contributed by atoms with Crippen LogP contribution >= 0.6 is 0 Å². The van der Waals surface area contributed by atoms with Gasteiger partial charge >= 0.3 is 5.63 Å². The SMILES string of the molecule is CC(C)c1ccc2oc(=O)cc(-c3ccccc3)c2c1. The summed E-state index contributed by atoms with van der Waals surface area (Å²) < 4.78 is 5.30. The van der Waals surface area contributed by atoms with E-state index < -0.39 is 0 Å². The third-order valence-corrected chi connectivity index (χ3v) is 3.52. The highest BCUT2D eigenvalue weighted by Crippen LogP contribution is 2.29. The molecule has 0 aliphatic heterocycles. The fraction of sp³-hybridized carbons (Fsp3) is 0.167. The number of fused-ring (bicyclic) bond motifs is 1. The molecule has 0 saturated carbocycles. The average molecular weight is 264 g/mol. The molecule has 0 fully saturated rings. The predicted molar refractivity (Wildman–Crippen MR) is 82.0 cm³/mol. The summed E-state index contributed by atoms with van der Waals surface area (Å²) in [5.74, 6) is 0.440. The van der Waals surface area contributed by atoms with Gasteiger partial charge in [0.1, 0.15) is 5.58 Å². The largest absolute Gasteiger partial charge is 0.423 e. The van der Waals surface area contributed by atoms with Crippen molar-refractivity contribution in [2.24, 2.45) is 0 Å². The molecule has 0 unspecified atom stereocenters. The molecule has 0 saturated heterocycles. The summed E-state index contributed by atoms with van der Waals surface area (Å²) in [7, 11) is 0. The van der Waals surface area contributed by atoms with E-state index in [1.165, 1.54) is 5.56 Å². The Bertz CT molecular complexity index is 799. The van der Waals surface area contributed by atoms with Crippen molar-refractivity contribution in [3.63, 3.8) is 0 Å². The Morgan fingerprint density at radius 3 is 2.40 bits per heavy atom. The minimum atomic E-state index is -0.311. The molecular formula is C18H16O2. The molecular weight excluding hydrogens is 248 g/mol. The van der Waals surface area contributed by atoms with Crippen molar-refractivity contribution >= 4 is 11.0 Å². The lowest BCUT2D eigenvalue weighted by molar-refractivity contribution is 0.561. The van der Waals surface area contributed by atoms with Gasteiger partial charge in [-0.1, -0.05) is 50.2 Å². The second kappa shape index (κ2) is 4.97. The maximum Gasteiger partial charge on any atom is 0.336 e.